The summed E-state index contributed by atoms with van der Waals surface area (Å²) in [6, 6.07) is 20.9. The molecule has 3 aromatic carbocycles. The average Bonchev–Trinajstić information content (AvgIpc) is 3.02. The van der Waals surface area contributed by atoms with Crippen molar-refractivity contribution < 1.29 is 0 Å². The van der Waals surface area contributed by atoms with Crippen molar-refractivity contribution in [2.24, 2.45) is 0 Å². The molecule has 0 saturated heterocycles. The van der Waals surface area contributed by atoms with E-state index in [1.165, 1.54) is 12.8 Å². The minimum absolute atomic E-state index is 0.106. The lowest BCUT2D eigenvalue weighted by atomic mass is 10.1. The monoisotopic (exact) mass is 562 g/mol. The van der Waals surface area contributed by atoms with Gasteiger partial charge in [0, 0.05) is 16.2 Å². The first-order valence-electron chi connectivity index (χ1n) is 14.4. The lowest BCUT2D eigenvalue weighted by molar-refractivity contribution is 0.886. The smallest absolute Gasteiger partial charge is 0.266 e. The van der Waals surface area contributed by atoms with Gasteiger partial charge >= 0.3 is 0 Å². The van der Waals surface area contributed by atoms with E-state index >= 15 is 0 Å². The van der Waals surface area contributed by atoms with E-state index in [1.807, 2.05) is 99.7 Å². The first-order valence-corrected chi connectivity index (χ1v) is 14.8. The first kappa shape index (κ1) is 31.4. The Kier molecular flexibility index (Phi) is 12.4. The number of hydrogen-bond donors (Lipinski definition) is 0. The molecule has 0 fully saturated rings. The van der Waals surface area contributed by atoms with E-state index in [2.05, 4.69) is 43.9 Å². The second kappa shape index (κ2) is 16.2. The molecule has 0 N–H and O–H groups in total. The number of fused-ring (bicyclic) bond motifs is 1. The van der Waals surface area contributed by atoms with E-state index in [0.29, 0.717) is 21.7 Å². The number of unbranched alkanes of at least 4 members (excludes halogenated alkanes) is 1. The van der Waals surface area contributed by atoms with E-state index in [-0.39, 0.29) is 5.56 Å². The summed E-state index contributed by atoms with van der Waals surface area (Å²) in [6.07, 6.45) is 14.9. The quantitative estimate of drug-likeness (QED) is 0.232. The van der Waals surface area contributed by atoms with Crippen molar-refractivity contribution in [3.63, 3.8) is 0 Å². The molecule has 1 heterocycles. The fourth-order valence-corrected chi connectivity index (χ4v) is 4.20. The number of aryl methyl sites for hydroxylation is 1. The summed E-state index contributed by atoms with van der Waals surface area (Å²) in [4.78, 5) is 18.4. The average molecular weight is 563 g/mol. The fourth-order valence-electron chi connectivity index (χ4n) is 4.07. The summed E-state index contributed by atoms with van der Waals surface area (Å²) in [5.74, 6) is 7.04. The van der Waals surface area contributed by atoms with Gasteiger partial charge in [-0.25, -0.2) is 4.98 Å². The van der Waals surface area contributed by atoms with Gasteiger partial charge in [-0.2, -0.15) is 0 Å². The number of rotatable bonds is 4. The Hall–Kier alpha value is -4.13. The van der Waals surface area contributed by atoms with E-state index in [9.17, 15) is 4.79 Å². The topological polar surface area (TPSA) is 34.9 Å². The van der Waals surface area contributed by atoms with Gasteiger partial charge in [-0.15, -0.1) is 0 Å². The molecule has 5 rings (SSSR count). The molecule has 1 aliphatic carbocycles. The van der Waals surface area contributed by atoms with E-state index in [1.54, 1.807) is 4.57 Å². The van der Waals surface area contributed by atoms with Crippen LogP contribution in [0.25, 0.3) is 28.7 Å². The third-order valence-electron chi connectivity index (χ3n) is 6.38. The molecule has 0 bridgehead atoms. The van der Waals surface area contributed by atoms with Gasteiger partial charge in [0.2, 0.25) is 0 Å². The van der Waals surface area contributed by atoms with Gasteiger partial charge in [-0.1, -0.05) is 113 Å². The second-order valence-corrected chi connectivity index (χ2v) is 9.84. The highest BCUT2D eigenvalue weighted by Crippen LogP contribution is 2.20. The molecule has 210 valence electrons. The van der Waals surface area contributed by atoms with E-state index in [0.717, 1.165) is 40.8 Å². The van der Waals surface area contributed by atoms with Gasteiger partial charge in [-0.3, -0.25) is 9.36 Å². The molecule has 1 aromatic heterocycles. The molecule has 0 amide bonds. The minimum atomic E-state index is -0.106. The van der Waals surface area contributed by atoms with Crippen molar-refractivity contribution in [3.8, 4) is 17.5 Å². The van der Waals surface area contributed by atoms with Crippen molar-refractivity contribution in [2.75, 3.05) is 0 Å². The van der Waals surface area contributed by atoms with Crippen LogP contribution in [0.3, 0.4) is 0 Å². The van der Waals surface area contributed by atoms with Crippen LogP contribution in [-0.4, -0.2) is 9.55 Å². The maximum atomic E-state index is 13.6. The fraction of sp³-hybridized carbons (Fsp3) is 0.243. The third kappa shape index (κ3) is 8.68. The van der Waals surface area contributed by atoms with Crippen LogP contribution in [-0.2, 0) is 0 Å². The van der Waals surface area contributed by atoms with Gasteiger partial charge < -0.3 is 0 Å². The normalized spacial score (nSPS) is 12.0. The van der Waals surface area contributed by atoms with Gasteiger partial charge in [-0.05, 0) is 79.4 Å². The molecule has 0 saturated carbocycles. The lowest BCUT2D eigenvalue weighted by Gasteiger charge is -2.14. The maximum absolute atomic E-state index is 13.6. The van der Waals surface area contributed by atoms with Crippen LogP contribution in [0.4, 0.5) is 0 Å². The van der Waals surface area contributed by atoms with Gasteiger partial charge in [0.15, 0.2) is 0 Å². The van der Waals surface area contributed by atoms with Crippen LogP contribution in [0.2, 0.25) is 5.02 Å². The standard InChI is InChI=1S/C31H23ClN2O.C4H10.C2H6/c1-22-21-25(12-11-23-7-3-2-4-8-23)15-19-29(22)34-30(20-16-24-13-17-26(32)18-14-24)33-28-10-6-5-9-27(28)31(34)35;1-3-4-2;1-2/h3,5-10,13-21H,2,4H2,1H3;3-4H2,1-2H3;1-2H3/b20-16+;;. The van der Waals surface area contributed by atoms with E-state index < -0.39 is 0 Å². The molecular formula is C37H39ClN2O. The SMILES string of the molecule is CC.CCCC.Cc1cc(C#CC2=CCCC=C2)ccc1-n1c(/C=C/c2ccc(Cl)cc2)nc2ccccc2c1=O. The minimum Gasteiger partial charge on any atom is -0.268 e. The highest BCUT2D eigenvalue weighted by Gasteiger charge is 2.13. The Morgan fingerprint density at radius 1 is 0.927 bits per heavy atom. The summed E-state index contributed by atoms with van der Waals surface area (Å²) in [5, 5.41) is 1.26. The van der Waals surface area contributed by atoms with Crippen molar-refractivity contribution in [3.05, 3.63) is 128 Å². The van der Waals surface area contributed by atoms with Crippen LogP contribution in [0.15, 0.2) is 95.3 Å². The van der Waals surface area contributed by atoms with Crippen LogP contribution in [0.1, 0.15) is 75.9 Å². The number of para-hydroxylation sites is 1. The summed E-state index contributed by atoms with van der Waals surface area (Å²) in [5.41, 5.74) is 5.21. The van der Waals surface area contributed by atoms with Crippen LogP contribution >= 0.6 is 11.6 Å². The summed E-state index contributed by atoms with van der Waals surface area (Å²) in [7, 11) is 0. The highest BCUT2D eigenvalue weighted by molar-refractivity contribution is 6.30. The van der Waals surface area contributed by atoms with Crippen LogP contribution in [0, 0.1) is 18.8 Å². The molecule has 0 aliphatic heterocycles. The zero-order valence-corrected chi connectivity index (χ0v) is 25.5. The van der Waals surface area contributed by atoms with Gasteiger partial charge in [0.05, 0.1) is 16.6 Å². The summed E-state index contributed by atoms with van der Waals surface area (Å²) >= 11 is 6.02. The zero-order chi connectivity index (χ0) is 29.6. The number of hydrogen-bond acceptors (Lipinski definition) is 2. The molecule has 41 heavy (non-hydrogen) atoms. The van der Waals surface area contributed by atoms with Crippen molar-refractivity contribution in [2.45, 2.75) is 60.3 Å². The number of aromatic nitrogens is 2. The Morgan fingerprint density at radius 3 is 2.32 bits per heavy atom. The molecule has 0 radical (unpaired) electrons. The number of allylic oxidation sites excluding steroid dienone is 4. The van der Waals surface area contributed by atoms with Gasteiger partial charge in [0.1, 0.15) is 5.82 Å². The lowest BCUT2D eigenvalue weighted by Crippen LogP contribution is -2.23. The number of halogens is 1. The number of nitrogens with zero attached hydrogens (tertiary/aromatic N) is 2. The Balaban J connectivity index is 0.000000710. The highest BCUT2D eigenvalue weighted by atomic mass is 35.5. The molecule has 4 aromatic rings. The van der Waals surface area contributed by atoms with Crippen molar-refractivity contribution in [1.29, 1.82) is 0 Å². The van der Waals surface area contributed by atoms with E-state index in [4.69, 9.17) is 16.6 Å². The van der Waals surface area contributed by atoms with Crippen molar-refractivity contribution >= 4 is 34.7 Å². The molecule has 1 aliphatic rings. The molecule has 0 atom stereocenters. The molecule has 0 unspecified atom stereocenters. The molecular weight excluding hydrogens is 524 g/mol. The summed E-state index contributed by atoms with van der Waals surface area (Å²) < 4.78 is 1.67. The van der Waals surface area contributed by atoms with Crippen molar-refractivity contribution in [1.82, 2.24) is 9.55 Å². The van der Waals surface area contributed by atoms with Crippen LogP contribution < -0.4 is 5.56 Å². The predicted octanol–water partition coefficient (Wildman–Crippen LogP) is 9.98. The Morgan fingerprint density at radius 2 is 1.66 bits per heavy atom. The molecule has 3 nitrogen and oxygen atoms in total. The predicted molar refractivity (Wildman–Crippen MR) is 178 cm³/mol. The first-order chi connectivity index (χ1) is 20.0. The molecule has 4 heteroatoms. The molecule has 0 spiro atoms. The second-order valence-electron chi connectivity index (χ2n) is 9.40. The van der Waals surface area contributed by atoms with Crippen LogP contribution in [0.5, 0.6) is 0 Å². The Bertz CT molecular complexity index is 1660. The van der Waals surface area contributed by atoms with Gasteiger partial charge in [0.25, 0.3) is 5.56 Å². The summed E-state index contributed by atoms with van der Waals surface area (Å²) in [6.45, 7) is 10.4. The number of benzene rings is 3. The zero-order valence-electron chi connectivity index (χ0n) is 24.7. The third-order valence-corrected chi connectivity index (χ3v) is 6.63. The Labute approximate surface area is 249 Å². The largest absolute Gasteiger partial charge is 0.268 e. The maximum Gasteiger partial charge on any atom is 0.266 e.